The summed E-state index contributed by atoms with van der Waals surface area (Å²) >= 11 is 0. The number of fused-ring (bicyclic) bond motifs is 1. The SMILES string of the molecule is CCc1n[nH]c(=O)c2nnc(-c3ccc(F)cc3)n12. The molecule has 6 nitrogen and oxygen atoms in total. The Morgan fingerprint density at radius 1 is 1.26 bits per heavy atom. The number of aryl methyl sites for hydroxylation is 1. The summed E-state index contributed by atoms with van der Waals surface area (Å²) in [6.07, 6.45) is 0.611. The van der Waals surface area contributed by atoms with Crippen molar-refractivity contribution in [3.63, 3.8) is 0 Å². The van der Waals surface area contributed by atoms with Crippen LogP contribution in [-0.4, -0.2) is 24.8 Å². The molecule has 7 heteroatoms. The van der Waals surface area contributed by atoms with E-state index >= 15 is 0 Å². The fraction of sp³-hybridized carbons (Fsp3) is 0.167. The number of H-pyrrole nitrogens is 1. The van der Waals surface area contributed by atoms with Gasteiger partial charge in [-0.3, -0.25) is 9.20 Å². The lowest BCUT2D eigenvalue weighted by atomic mass is 10.2. The standard InChI is InChI=1S/C12H10FN5O/c1-2-9-14-17-12(19)11-16-15-10(18(9)11)7-3-5-8(13)6-4-7/h3-6H,2H2,1H3,(H,17,19). The fourth-order valence-corrected chi connectivity index (χ4v) is 1.91. The van der Waals surface area contributed by atoms with Crippen LogP contribution in [-0.2, 0) is 6.42 Å². The monoisotopic (exact) mass is 259 g/mol. The number of nitrogens with one attached hydrogen (secondary N) is 1. The van der Waals surface area contributed by atoms with Crippen LogP contribution in [0.5, 0.6) is 0 Å². The molecule has 0 atom stereocenters. The van der Waals surface area contributed by atoms with E-state index in [1.807, 2.05) is 6.92 Å². The van der Waals surface area contributed by atoms with E-state index < -0.39 is 5.56 Å². The van der Waals surface area contributed by atoms with Gasteiger partial charge >= 0.3 is 5.56 Å². The quantitative estimate of drug-likeness (QED) is 0.749. The third-order valence-corrected chi connectivity index (χ3v) is 2.83. The van der Waals surface area contributed by atoms with Crippen molar-refractivity contribution in [3.8, 4) is 11.4 Å². The third kappa shape index (κ3) is 1.79. The number of benzene rings is 1. The molecule has 96 valence electrons. The predicted octanol–water partition coefficient (Wildman–Crippen LogP) is 1.18. The number of aromatic nitrogens is 5. The summed E-state index contributed by atoms with van der Waals surface area (Å²) in [7, 11) is 0. The molecule has 0 bridgehead atoms. The molecule has 0 aliphatic carbocycles. The topological polar surface area (TPSA) is 75.9 Å². The Kier molecular flexibility index (Phi) is 2.59. The van der Waals surface area contributed by atoms with E-state index in [-0.39, 0.29) is 11.5 Å². The molecular weight excluding hydrogens is 249 g/mol. The first-order valence-electron chi connectivity index (χ1n) is 5.79. The number of halogens is 1. The smallest absolute Gasteiger partial charge is 0.264 e. The maximum atomic E-state index is 12.9. The first-order chi connectivity index (χ1) is 9.20. The van der Waals surface area contributed by atoms with Gasteiger partial charge in [0.15, 0.2) is 5.82 Å². The number of rotatable bonds is 2. The van der Waals surface area contributed by atoms with E-state index in [0.29, 0.717) is 23.6 Å². The largest absolute Gasteiger partial charge is 0.309 e. The molecule has 3 rings (SSSR count). The van der Waals surface area contributed by atoms with Crippen LogP contribution in [0.15, 0.2) is 29.1 Å². The minimum absolute atomic E-state index is 0.186. The predicted molar refractivity (Wildman–Crippen MR) is 66.2 cm³/mol. The van der Waals surface area contributed by atoms with Gasteiger partial charge in [0.05, 0.1) is 0 Å². The molecule has 0 aliphatic rings. The van der Waals surface area contributed by atoms with Gasteiger partial charge in [-0.05, 0) is 24.3 Å². The van der Waals surface area contributed by atoms with E-state index in [1.54, 1.807) is 16.5 Å². The van der Waals surface area contributed by atoms with Gasteiger partial charge in [-0.2, -0.15) is 5.10 Å². The van der Waals surface area contributed by atoms with Gasteiger partial charge in [0.2, 0.25) is 5.65 Å². The second-order valence-electron chi connectivity index (χ2n) is 4.01. The Balaban J connectivity index is 2.33. The maximum absolute atomic E-state index is 12.9. The molecule has 0 radical (unpaired) electrons. The van der Waals surface area contributed by atoms with Crippen molar-refractivity contribution in [2.24, 2.45) is 0 Å². The van der Waals surface area contributed by atoms with E-state index in [4.69, 9.17) is 0 Å². The van der Waals surface area contributed by atoms with Crippen molar-refractivity contribution in [2.45, 2.75) is 13.3 Å². The summed E-state index contributed by atoms with van der Waals surface area (Å²) in [4.78, 5) is 11.6. The summed E-state index contributed by atoms with van der Waals surface area (Å²) in [6.45, 7) is 1.91. The summed E-state index contributed by atoms with van der Waals surface area (Å²) in [5.41, 5.74) is 0.459. The van der Waals surface area contributed by atoms with E-state index in [0.717, 1.165) is 0 Å². The zero-order chi connectivity index (χ0) is 13.4. The number of aromatic amines is 1. The highest BCUT2D eigenvalue weighted by Gasteiger charge is 2.14. The molecule has 2 heterocycles. The first kappa shape index (κ1) is 11.5. The maximum Gasteiger partial charge on any atom is 0.309 e. The normalized spacial score (nSPS) is 11.1. The van der Waals surface area contributed by atoms with Crippen LogP contribution >= 0.6 is 0 Å². The Morgan fingerprint density at radius 3 is 2.68 bits per heavy atom. The van der Waals surface area contributed by atoms with E-state index in [9.17, 15) is 9.18 Å². The van der Waals surface area contributed by atoms with E-state index in [2.05, 4.69) is 20.4 Å². The number of hydrogen-bond donors (Lipinski definition) is 1. The average Bonchev–Trinajstić information content (AvgIpc) is 2.86. The summed E-state index contributed by atoms with van der Waals surface area (Å²) in [5.74, 6) is 0.786. The molecule has 0 saturated heterocycles. The van der Waals surface area contributed by atoms with Crippen LogP contribution in [0.2, 0.25) is 0 Å². The van der Waals surface area contributed by atoms with Crippen LogP contribution in [0.1, 0.15) is 12.7 Å². The zero-order valence-electron chi connectivity index (χ0n) is 10.1. The van der Waals surface area contributed by atoms with Gasteiger partial charge < -0.3 is 0 Å². The van der Waals surface area contributed by atoms with Crippen molar-refractivity contribution in [1.29, 1.82) is 0 Å². The van der Waals surface area contributed by atoms with Gasteiger partial charge in [0.25, 0.3) is 0 Å². The lowest BCUT2D eigenvalue weighted by molar-refractivity contribution is 0.628. The highest BCUT2D eigenvalue weighted by molar-refractivity contribution is 5.59. The zero-order valence-corrected chi connectivity index (χ0v) is 10.1. The third-order valence-electron chi connectivity index (χ3n) is 2.83. The summed E-state index contributed by atoms with van der Waals surface area (Å²) in [6, 6.07) is 5.85. The molecule has 0 aliphatic heterocycles. The van der Waals surface area contributed by atoms with Crippen LogP contribution in [0.4, 0.5) is 4.39 Å². The lowest BCUT2D eigenvalue weighted by Gasteiger charge is -2.03. The van der Waals surface area contributed by atoms with Crippen LogP contribution in [0, 0.1) is 5.82 Å². The van der Waals surface area contributed by atoms with Crippen molar-refractivity contribution in [1.82, 2.24) is 24.8 Å². The van der Waals surface area contributed by atoms with Gasteiger partial charge in [-0.15, -0.1) is 10.2 Å². The van der Waals surface area contributed by atoms with Gasteiger partial charge in [0.1, 0.15) is 11.6 Å². The van der Waals surface area contributed by atoms with Crippen molar-refractivity contribution in [2.75, 3.05) is 0 Å². The van der Waals surface area contributed by atoms with Crippen LogP contribution in [0.25, 0.3) is 17.0 Å². The van der Waals surface area contributed by atoms with Crippen molar-refractivity contribution in [3.05, 3.63) is 46.3 Å². The molecule has 0 amide bonds. The molecular formula is C12H10FN5O. The minimum Gasteiger partial charge on any atom is -0.264 e. The fourth-order valence-electron chi connectivity index (χ4n) is 1.91. The second kappa shape index (κ2) is 4.27. The Bertz CT molecular complexity index is 790. The highest BCUT2D eigenvalue weighted by atomic mass is 19.1. The molecule has 1 N–H and O–H groups in total. The van der Waals surface area contributed by atoms with Gasteiger partial charge in [-0.1, -0.05) is 6.92 Å². The lowest BCUT2D eigenvalue weighted by Crippen LogP contribution is -2.16. The molecule has 0 fully saturated rings. The molecule has 0 unspecified atom stereocenters. The summed E-state index contributed by atoms with van der Waals surface area (Å²) in [5, 5.41) is 14.2. The molecule has 19 heavy (non-hydrogen) atoms. The Labute approximate surface area is 106 Å². The first-order valence-corrected chi connectivity index (χ1v) is 5.79. The van der Waals surface area contributed by atoms with Gasteiger partial charge in [0, 0.05) is 12.0 Å². The number of nitrogens with zero attached hydrogens (tertiary/aromatic N) is 4. The molecule has 3 aromatic rings. The van der Waals surface area contributed by atoms with E-state index in [1.165, 1.54) is 12.1 Å². The number of hydrogen-bond acceptors (Lipinski definition) is 4. The van der Waals surface area contributed by atoms with Crippen molar-refractivity contribution < 1.29 is 4.39 Å². The van der Waals surface area contributed by atoms with Crippen molar-refractivity contribution >= 4 is 5.65 Å². The molecule has 0 saturated carbocycles. The van der Waals surface area contributed by atoms with Gasteiger partial charge in [-0.25, -0.2) is 9.49 Å². The molecule has 2 aromatic heterocycles. The van der Waals surface area contributed by atoms with Crippen LogP contribution < -0.4 is 5.56 Å². The summed E-state index contributed by atoms with van der Waals surface area (Å²) < 4.78 is 14.5. The Morgan fingerprint density at radius 2 is 2.00 bits per heavy atom. The second-order valence-corrected chi connectivity index (χ2v) is 4.01. The minimum atomic E-state index is -0.405. The Hall–Kier alpha value is -2.57. The molecule has 1 aromatic carbocycles. The molecule has 0 spiro atoms. The van der Waals surface area contributed by atoms with Crippen LogP contribution in [0.3, 0.4) is 0 Å². The highest BCUT2D eigenvalue weighted by Crippen LogP contribution is 2.18. The average molecular weight is 259 g/mol.